The van der Waals surface area contributed by atoms with Crippen LogP contribution >= 0.6 is 35.0 Å². The van der Waals surface area contributed by atoms with Gasteiger partial charge in [0, 0.05) is 35.7 Å². The van der Waals surface area contributed by atoms with Gasteiger partial charge in [0.05, 0.1) is 18.4 Å². The second kappa shape index (κ2) is 12.9. The molecule has 0 spiro atoms. The fraction of sp³-hybridized carbons (Fsp3) is 0.444. The maximum atomic E-state index is 14.1. The van der Waals surface area contributed by atoms with Crippen molar-refractivity contribution >= 4 is 40.9 Å². The number of halogens is 4. The Balaban J connectivity index is 1.46. The monoisotopic (exact) mass is 628 g/mol. The molecule has 9 nitrogen and oxygen atoms in total. The summed E-state index contributed by atoms with van der Waals surface area (Å²) in [6.45, 7) is 0.821. The topological polar surface area (TPSA) is 110 Å². The Labute approximate surface area is 249 Å². The number of nitrogens with zero attached hydrogens (tertiary/aromatic N) is 4. The van der Waals surface area contributed by atoms with Crippen molar-refractivity contribution in [3.63, 3.8) is 0 Å². The van der Waals surface area contributed by atoms with Gasteiger partial charge in [-0.1, -0.05) is 40.2 Å². The normalized spacial score (nSPS) is 25.0. The molecule has 3 heterocycles. The van der Waals surface area contributed by atoms with Crippen LogP contribution in [0.2, 0.25) is 10.0 Å². The van der Waals surface area contributed by atoms with E-state index in [1.54, 1.807) is 18.2 Å². The Kier molecular flexibility index (Phi) is 9.49. The van der Waals surface area contributed by atoms with Crippen LogP contribution in [0, 0.1) is 11.6 Å². The number of hydrogen-bond acceptors (Lipinski definition) is 8. The van der Waals surface area contributed by atoms with Crippen LogP contribution in [0.15, 0.2) is 41.4 Å². The van der Waals surface area contributed by atoms with Gasteiger partial charge in [-0.15, -0.1) is 5.10 Å². The molecule has 0 aliphatic carbocycles. The van der Waals surface area contributed by atoms with E-state index in [1.807, 2.05) is 4.90 Å². The Morgan fingerprint density at radius 3 is 2.54 bits per heavy atom. The van der Waals surface area contributed by atoms with Crippen LogP contribution < -0.4 is 0 Å². The molecule has 41 heavy (non-hydrogen) atoms. The zero-order valence-electron chi connectivity index (χ0n) is 21.9. The van der Waals surface area contributed by atoms with Crippen molar-refractivity contribution in [3.8, 4) is 11.3 Å². The first kappa shape index (κ1) is 30.1. The number of carbonyl (C=O) groups is 1. The number of thioether (sulfide) groups is 1. The van der Waals surface area contributed by atoms with E-state index in [0.29, 0.717) is 28.6 Å². The summed E-state index contributed by atoms with van der Waals surface area (Å²) in [6.07, 6.45) is 1.18. The van der Waals surface area contributed by atoms with Gasteiger partial charge >= 0.3 is 0 Å². The van der Waals surface area contributed by atoms with E-state index in [9.17, 15) is 23.8 Å². The van der Waals surface area contributed by atoms with Crippen LogP contribution in [0.1, 0.15) is 35.7 Å². The highest BCUT2D eigenvalue weighted by Crippen LogP contribution is 2.41. The molecule has 14 heteroatoms. The van der Waals surface area contributed by atoms with Gasteiger partial charge in [-0.3, -0.25) is 4.79 Å². The highest BCUT2D eigenvalue weighted by atomic mass is 35.5. The summed E-state index contributed by atoms with van der Waals surface area (Å²) in [5.74, 6) is -2.03. The largest absolute Gasteiger partial charge is 0.394 e. The predicted molar refractivity (Wildman–Crippen MR) is 149 cm³/mol. The lowest BCUT2D eigenvalue weighted by molar-refractivity contribution is -0.186. The molecule has 5 atom stereocenters. The zero-order valence-corrected chi connectivity index (χ0v) is 24.2. The van der Waals surface area contributed by atoms with E-state index >= 15 is 0 Å². The van der Waals surface area contributed by atoms with Crippen molar-refractivity contribution in [2.24, 2.45) is 0 Å². The molecule has 220 valence electrons. The number of carbonyl (C=O) groups excluding carboxylic acids is 1. The molecule has 0 bridgehead atoms. The van der Waals surface area contributed by atoms with Crippen molar-refractivity contribution in [1.29, 1.82) is 0 Å². The number of piperidine rings is 1. The molecular weight excluding hydrogens is 601 g/mol. The molecule has 2 saturated heterocycles. The van der Waals surface area contributed by atoms with E-state index in [1.165, 1.54) is 29.8 Å². The van der Waals surface area contributed by atoms with Gasteiger partial charge < -0.3 is 24.6 Å². The number of ether oxygens (including phenoxy) is 2. The fourth-order valence-electron chi connectivity index (χ4n) is 5.13. The summed E-state index contributed by atoms with van der Waals surface area (Å²) in [6, 6.07) is 6.14. The van der Waals surface area contributed by atoms with Gasteiger partial charge in [0.1, 0.15) is 52.1 Å². The van der Waals surface area contributed by atoms with E-state index < -0.39 is 53.1 Å². The SMILES string of the molecule is COC1[C@@H](Sc2cc(Cl)ccc2C(=O)N2CCCCC2)OC(CO)[C@H](O)[C@@H]1n1cc(-c2cc(F)c(Cl)c(F)c2)nn1. The molecule has 2 unspecified atom stereocenters. The minimum Gasteiger partial charge on any atom is -0.394 e. The first-order valence-corrected chi connectivity index (χ1v) is 14.6. The molecule has 1 amide bonds. The van der Waals surface area contributed by atoms with Crippen LogP contribution in [0.4, 0.5) is 8.78 Å². The van der Waals surface area contributed by atoms with Crippen molar-refractivity contribution in [2.45, 2.75) is 53.9 Å². The average Bonchev–Trinajstić information content (AvgIpc) is 3.46. The lowest BCUT2D eigenvalue weighted by atomic mass is 9.97. The Morgan fingerprint density at radius 2 is 1.88 bits per heavy atom. The number of benzene rings is 2. The quantitative estimate of drug-likeness (QED) is 0.366. The second-order valence-corrected chi connectivity index (χ2v) is 11.8. The molecule has 0 radical (unpaired) electrons. The fourth-order valence-corrected chi connectivity index (χ4v) is 6.81. The molecule has 5 rings (SSSR count). The highest BCUT2D eigenvalue weighted by Gasteiger charge is 2.48. The van der Waals surface area contributed by atoms with E-state index in [4.69, 9.17) is 32.7 Å². The minimum atomic E-state index is -1.29. The maximum Gasteiger partial charge on any atom is 0.254 e. The number of aliphatic hydroxyl groups excluding tert-OH is 2. The van der Waals surface area contributed by atoms with Crippen molar-refractivity contribution < 1.29 is 33.3 Å². The standard InChI is InChI=1S/C27H28Cl2F2N4O5S/c1-39-25-23(35-12-19(32-33-35)14-9-17(30)22(29)18(31)10-14)24(37)20(13-36)40-27(25)41-21-11-15(28)5-6-16(21)26(38)34-7-3-2-4-8-34/h5-6,9-12,20,23-25,27,36-37H,2-4,7-8,13H2,1H3/t20?,23-,24-,25?,27+/m0/s1. The number of hydrogen-bond donors (Lipinski definition) is 2. The van der Waals surface area contributed by atoms with Crippen LogP contribution in [0.25, 0.3) is 11.3 Å². The minimum absolute atomic E-state index is 0.0931. The Morgan fingerprint density at radius 1 is 1.17 bits per heavy atom. The van der Waals surface area contributed by atoms with E-state index in [-0.39, 0.29) is 17.2 Å². The van der Waals surface area contributed by atoms with Gasteiger partial charge in [0.15, 0.2) is 0 Å². The van der Waals surface area contributed by atoms with Crippen molar-refractivity contribution in [1.82, 2.24) is 19.9 Å². The third kappa shape index (κ3) is 6.24. The maximum absolute atomic E-state index is 14.1. The van der Waals surface area contributed by atoms with Gasteiger partial charge in [-0.2, -0.15) is 0 Å². The van der Waals surface area contributed by atoms with E-state index in [0.717, 1.165) is 31.4 Å². The van der Waals surface area contributed by atoms with E-state index in [2.05, 4.69) is 10.3 Å². The van der Waals surface area contributed by atoms with Crippen LogP contribution in [0.3, 0.4) is 0 Å². The third-order valence-corrected chi connectivity index (χ3v) is 9.05. The summed E-state index contributed by atoms with van der Waals surface area (Å²) >= 11 is 13.1. The lowest BCUT2D eigenvalue weighted by Crippen LogP contribution is -2.55. The Hall–Kier alpha value is -2.32. The Bertz CT molecular complexity index is 1390. The number of aliphatic hydroxyl groups is 2. The zero-order chi connectivity index (χ0) is 29.3. The number of likely N-dealkylation sites (tertiary alicyclic amines) is 1. The molecule has 2 aliphatic heterocycles. The summed E-state index contributed by atoms with van der Waals surface area (Å²) < 4.78 is 41.3. The molecule has 2 fully saturated rings. The molecule has 0 saturated carbocycles. The van der Waals surface area contributed by atoms with Gasteiger partial charge in [-0.05, 0) is 49.6 Å². The second-order valence-electron chi connectivity index (χ2n) is 9.86. The first-order valence-electron chi connectivity index (χ1n) is 13.0. The smallest absolute Gasteiger partial charge is 0.254 e. The molecular formula is C27H28Cl2F2N4O5S. The first-order chi connectivity index (χ1) is 19.7. The summed E-state index contributed by atoms with van der Waals surface area (Å²) in [5, 5.41) is 29.1. The molecule has 1 aromatic heterocycles. The van der Waals surface area contributed by atoms with Crippen LogP contribution in [-0.4, -0.2) is 86.6 Å². The number of aromatic nitrogens is 3. The molecule has 2 aromatic carbocycles. The highest BCUT2D eigenvalue weighted by molar-refractivity contribution is 8.00. The third-order valence-electron chi connectivity index (χ3n) is 7.25. The number of amides is 1. The van der Waals surface area contributed by atoms with Crippen molar-refractivity contribution in [2.75, 3.05) is 26.8 Å². The number of rotatable bonds is 7. The molecule has 2 N–H and O–H groups in total. The predicted octanol–water partition coefficient (Wildman–Crippen LogP) is 4.58. The summed E-state index contributed by atoms with van der Waals surface area (Å²) in [4.78, 5) is 15.8. The van der Waals surface area contributed by atoms with Crippen LogP contribution in [0.5, 0.6) is 0 Å². The molecule has 2 aliphatic rings. The van der Waals surface area contributed by atoms with Crippen LogP contribution in [-0.2, 0) is 9.47 Å². The number of methoxy groups -OCH3 is 1. The summed E-state index contributed by atoms with van der Waals surface area (Å²) in [5.41, 5.74) is -0.148. The summed E-state index contributed by atoms with van der Waals surface area (Å²) in [7, 11) is 1.43. The average molecular weight is 630 g/mol. The van der Waals surface area contributed by atoms with Gasteiger partial charge in [-0.25, -0.2) is 13.5 Å². The van der Waals surface area contributed by atoms with Gasteiger partial charge in [0.2, 0.25) is 0 Å². The lowest BCUT2D eigenvalue weighted by Gasteiger charge is -2.43. The van der Waals surface area contributed by atoms with Crippen molar-refractivity contribution in [3.05, 3.63) is 63.8 Å². The molecule has 3 aromatic rings. The van der Waals surface area contributed by atoms with Gasteiger partial charge in [0.25, 0.3) is 5.91 Å².